The summed E-state index contributed by atoms with van der Waals surface area (Å²) >= 11 is 1.76. The van der Waals surface area contributed by atoms with Crippen molar-refractivity contribution in [1.82, 2.24) is 14.7 Å². The minimum Gasteiger partial charge on any atom is -0.493 e. The first kappa shape index (κ1) is 20.3. The Morgan fingerprint density at radius 3 is 2.62 bits per heavy atom. The van der Waals surface area contributed by atoms with Crippen LogP contribution in [0, 0.1) is 0 Å². The maximum Gasteiger partial charge on any atom is 0.275 e. The van der Waals surface area contributed by atoms with E-state index in [4.69, 9.17) is 14.6 Å². The van der Waals surface area contributed by atoms with Gasteiger partial charge in [-0.1, -0.05) is 24.3 Å². The van der Waals surface area contributed by atoms with Crippen molar-refractivity contribution < 1.29 is 14.3 Å². The largest absolute Gasteiger partial charge is 0.493 e. The molecule has 32 heavy (non-hydrogen) atoms. The first-order valence-electron chi connectivity index (χ1n) is 10.4. The predicted octanol–water partition coefficient (Wildman–Crippen LogP) is 4.82. The van der Waals surface area contributed by atoms with Crippen molar-refractivity contribution in [3.05, 3.63) is 82.3 Å². The molecule has 0 unspecified atom stereocenters. The SMILES string of the molecule is COc1ccc(-c2cn(-c3ccccc3)nc2C(=O)N2CCc3sccc3C2)cc1OC. The number of thiophene rings is 1. The third kappa shape index (κ3) is 3.65. The van der Waals surface area contributed by atoms with E-state index < -0.39 is 0 Å². The molecule has 0 saturated carbocycles. The summed E-state index contributed by atoms with van der Waals surface area (Å²) in [6.07, 6.45) is 2.79. The number of carbonyl (C=O) groups is 1. The minimum absolute atomic E-state index is 0.0682. The topological polar surface area (TPSA) is 56.6 Å². The number of hydrogen-bond donors (Lipinski definition) is 0. The van der Waals surface area contributed by atoms with Gasteiger partial charge in [0.05, 0.1) is 19.9 Å². The van der Waals surface area contributed by atoms with Crippen LogP contribution in [0.2, 0.25) is 0 Å². The Morgan fingerprint density at radius 2 is 1.84 bits per heavy atom. The first-order chi connectivity index (χ1) is 15.7. The first-order valence-corrected chi connectivity index (χ1v) is 11.3. The number of methoxy groups -OCH3 is 2. The van der Waals surface area contributed by atoms with Gasteiger partial charge in [-0.05, 0) is 53.3 Å². The highest BCUT2D eigenvalue weighted by atomic mass is 32.1. The van der Waals surface area contributed by atoms with E-state index in [-0.39, 0.29) is 5.91 Å². The Morgan fingerprint density at radius 1 is 1.03 bits per heavy atom. The zero-order valence-corrected chi connectivity index (χ0v) is 18.8. The molecule has 6 nitrogen and oxygen atoms in total. The molecular formula is C25H23N3O3S. The molecule has 1 aliphatic heterocycles. The van der Waals surface area contributed by atoms with Gasteiger partial charge in [0.2, 0.25) is 0 Å². The van der Waals surface area contributed by atoms with E-state index in [1.807, 2.05) is 59.6 Å². The third-order valence-corrected chi connectivity index (χ3v) is 6.75. The number of carbonyl (C=O) groups excluding carboxylic acids is 1. The van der Waals surface area contributed by atoms with E-state index in [9.17, 15) is 4.79 Å². The minimum atomic E-state index is -0.0682. The normalized spacial score (nSPS) is 13.0. The van der Waals surface area contributed by atoms with Crippen LogP contribution in [0.1, 0.15) is 20.9 Å². The van der Waals surface area contributed by atoms with E-state index in [0.717, 1.165) is 23.2 Å². The van der Waals surface area contributed by atoms with Crippen LogP contribution in [0.25, 0.3) is 16.8 Å². The highest BCUT2D eigenvalue weighted by molar-refractivity contribution is 7.10. The molecular weight excluding hydrogens is 422 g/mol. The fourth-order valence-electron chi connectivity index (χ4n) is 4.03. The summed E-state index contributed by atoms with van der Waals surface area (Å²) in [6, 6.07) is 17.6. The average Bonchev–Trinajstić information content (AvgIpc) is 3.50. The third-order valence-electron chi connectivity index (χ3n) is 5.73. The Hall–Kier alpha value is -3.58. The molecule has 0 fully saturated rings. The number of benzene rings is 2. The van der Waals surface area contributed by atoms with Crippen molar-refractivity contribution in [2.45, 2.75) is 13.0 Å². The molecule has 4 aromatic rings. The van der Waals surface area contributed by atoms with Crippen LogP contribution < -0.4 is 9.47 Å². The molecule has 0 saturated heterocycles. The van der Waals surface area contributed by atoms with Gasteiger partial charge in [-0.3, -0.25) is 4.79 Å². The Kier molecular flexibility index (Phi) is 5.41. The molecule has 5 rings (SSSR count). The summed E-state index contributed by atoms with van der Waals surface area (Å²) in [5, 5.41) is 6.82. The Balaban J connectivity index is 1.58. The lowest BCUT2D eigenvalue weighted by Crippen LogP contribution is -2.35. The molecule has 0 bridgehead atoms. The summed E-state index contributed by atoms with van der Waals surface area (Å²) in [6.45, 7) is 1.30. The summed E-state index contributed by atoms with van der Waals surface area (Å²) in [5.74, 6) is 1.18. The van der Waals surface area contributed by atoms with Gasteiger partial charge in [0.25, 0.3) is 5.91 Å². The van der Waals surface area contributed by atoms with Gasteiger partial charge in [0, 0.05) is 29.7 Å². The van der Waals surface area contributed by atoms with Gasteiger partial charge < -0.3 is 14.4 Å². The average molecular weight is 446 g/mol. The smallest absolute Gasteiger partial charge is 0.275 e. The van der Waals surface area contributed by atoms with Gasteiger partial charge in [0.1, 0.15) is 0 Å². The van der Waals surface area contributed by atoms with Crippen LogP contribution in [-0.4, -0.2) is 41.4 Å². The monoisotopic (exact) mass is 445 g/mol. The summed E-state index contributed by atoms with van der Waals surface area (Å²) in [5.41, 5.74) is 4.16. The number of para-hydroxylation sites is 1. The Bertz CT molecular complexity index is 1260. The molecule has 2 aromatic carbocycles. The molecule has 0 atom stereocenters. The molecule has 1 aliphatic rings. The molecule has 0 aliphatic carbocycles. The van der Waals surface area contributed by atoms with E-state index in [0.29, 0.717) is 30.3 Å². The second-order valence-corrected chi connectivity index (χ2v) is 8.59. The maximum absolute atomic E-state index is 13.6. The van der Waals surface area contributed by atoms with Gasteiger partial charge in [-0.2, -0.15) is 5.10 Å². The fraction of sp³-hybridized carbons (Fsp3) is 0.200. The number of amides is 1. The van der Waals surface area contributed by atoms with Crippen LogP contribution in [0.15, 0.2) is 66.2 Å². The number of aromatic nitrogens is 2. The molecule has 2 aromatic heterocycles. The molecule has 162 valence electrons. The number of hydrogen-bond acceptors (Lipinski definition) is 5. The number of fused-ring (bicyclic) bond motifs is 1. The number of ether oxygens (including phenoxy) is 2. The molecule has 7 heteroatoms. The Labute approximate surface area is 190 Å². The lowest BCUT2D eigenvalue weighted by molar-refractivity contribution is 0.0730. The fourth-order valence-corrected chi connectivity index (χ4v) is 4.92. The van der Waals surface area contributed by atoms with Crippen LogP contribution in [0.3, 0.4) is 0 Å². The second kappa shape index (κ2) is 8.51. The van der Waals surface area contributed by atoms with E-state index in [1.54, 1.807) is 30.2 Å². The van der Waals surface area contributed by atoms with Crippen molar-refractivity contribution in [2.24, 2.45) is 0 Å². The lowest BCUT2D eigenvalue weighted by Gasteiger charge is -2.26. The van der Waals surface area contributed by atoms with E-state index in [1.165, 1.54) is 10.4 Å². The molecule has 0 radical (unpaired) electrons. The van der Waals surface area contributed by atoms with Crippen LogP contribution in [-0.2, 0) is 13.0 Å². The molecule has 3 heterocycles. The number of rotatable bonds is 5. The summed E-state index contributed by atoms with van der Waals surface area (Å²) in [7, 11) is 3.21. The van der Waals surface area contributed by atoms with Gasteiger partial charge in [-0.15, -0.1) is 11.3 Å². The van der Waals surface area contributed by atoms with E-state index >= 15 is 0 Å². The molecule has 0 spiro atoms. The van der Waals surface area contributed by atoms with Crippen molar-refractivity contribution in [1.29, 1.82) is 0 Å². The standard InChI is InChI=1S/C25H23N3O3S/c1-30-21-9-8-17(14-22(21)31-2)20-16-28(19-6-4-3-5-7-19)26-24(20)25(29)27-12-10-23-18(15-27)11-13-32-23/h3-9,11,13-14,16H,10,12,15H2,1-2H3. The van der Waals surface area contributed by atoms with Crippen molar-refractivity contribution in [2.75, 3.05) is 20.8 Å². The van der Waals surface area contributed by atoms with Gasteiger partial charge in [0.15, 0.2) is 17.2 Å². The second-order valence-electron chi connectivity index (χ2n) is 7.59. The van der Waals surface area contributed by atoms with Gasteiger partial charge >= 0.3 is 0 Å². The van der Waals surface area contributed by atoms with Crippen LogP contribution >= 0.6 is 11.3 Å². The molecule has 1 amide bonds. The van der Waals surface area contributed by atoms with Crippen molar-refractivity contribution >= 4 is 17.2 Å². The van der Waals surface area contributed by atoms with Crippen molar-refractivity contribution in [3.8, 4) is 28.3 Å². The highest BCUT2D eigenvalue weighted by Gasteiger charge is 2.27. The van der Waals surface area contributed by atoms with Gasteiger partial charge in [-0.25, -0.2) is 4.68 Å². The van der Waals surface area contributed by atoms with Crippen molar-refractivity contribution in [3.63, 3.8) is 0 Å². The maximum atomic E-state index is 13.6. The van der Waals surface area contributed by atoms with E-state index in [2.05, 4.69) is 11.4 Å². The quantitative estimate of drug-likeness (QED) is 0.442. The van der Waals surface area contributed by atoms with Crippen LogP contribution in [0.4, 0.5) is 0 Å². The highest BCUT2D eigenvalue weighted by Crippen LogP contribution is 2.35. The predicted molar refractivity (Wildman–Crippen MR) is 125 cm³/mol. The zero-order chi connectivity index (χ0) is 22.1. The number of nitrogens with zero attached hydrogens (tertiary/aromatic N) is 3. The summed E-state index contributed by atoms with van der Waals surface area (Å²) < 4.78 is 12.6. The summed E-state index contributed by atoms with van der Waals surface area (Å²) in [4.78, 5) is 16.9. The molecule has 0 N–H and O–H groups in total. The lowest BCUT2D eigenvalue weighted by atomic mass is 10.0. The van der Waals surface area contributed by atoms with Crippen LogP contribution in [0.5, 0.6) is 11.5 Å². The zero-order valence-electron chi connectivity index (χ0n) is 17.9.